The molecule has 3 rings (SSSR count). The van der Waals surface area contributed by atoms with Gasteiger partial charge in [0.25, 0.3) is 5.91 Å². The van der Waals surface area contributed by atoms with E-state index >= 15 is 0 Å². The summed E-state index contributed by atoms with van der Waals surface area (Å²) < 4.78 is 0. The first-order valence-electron chi connectivity index (χ1n) is 7.42. The van der Waals surface area contributed by atoms with Gasteiger partial charge in [0.2, 0.25) is 0 Å². The Kier molecular flexibility index (Phi) is 5.16. The van der Waals surface area contributed by atoms with Gasteiger partial charge in [-0.1, -0.05) is 41.4 Å². The molecule has 2 aromatic carbocycles. The van der Waals surface area contributed by atoms with Crippen molar-refractivity contribution in [1.82, 2.24) is 9.97 Å². The molecule has 0 aliphatic rings. The van der Waals surface area contributed by atoms with E-state index in [0.29, 0.717) is 21.6 Å². The van der Waals surface area contributed by atoms with Crippen LogP contribution in [-0.4, -0.2) is 22.9 Å². The number of aromatic nitrogens is 2. The minimum Gasteiger partial charge on any atom is -0.339 e. The van der Waals surface area contributed by atoms with E-state index < -0.39 is 0 Å². The number of benzene rings is 2. The predicted octanol–water partition coefficient (Wildman–Crippen LogP) is 4.80. The number of rotatable bonds is 4. The average Bonchev–Trinajstić information content (AvgIpc) is 2.64. The summed E-state index contributed by atoms with van der Waals surface area (Å²) in [6, 6.07) is 16.0. The van der Waals surface area contributed by atoms with Crippen LogP contribution in [0.3, 0.4) is 0 Å². The van der Waals surface area contributed by atoms with Crippen molar-refractivity contribution < 1.29 is 4.79 Å². The van der Waals surface area contributed by atoms with E-state index in [9.17, 15) is 4.79 Å². The van der Waals surface area contributed by atoms with Gasteiger partial charge in [0.1, 0.15) is 17.8 Å². The normalized spacial score (nSPS) is 10.4. The third kappa shape index (κ3) is 4.07. The summed E-state index contributed by atoms with van der Waals surface area (Å²) in [7, 11) is 1.70. The maximum Gasteiger partial charge on any atom is 0.276 e. The molecule has 1 N–H and O–H groups in total. The van der Waals surface area contributed by atoms with E-state index in [1.165, 1.54) is 11.2 Å². The van der Waals surface area contributed by atoms with E-state index in [1.54, 1.807) is 31.3 Å². The summed E-state index contributed by atoms with van der Waals surface area (Å²) in [5.74, 6) is 0.206. The zero-order chi connectivity index (χ0) is 17.8. The molecule has 0 atom stereocenters. The van der Waals surface area contributed by atoms with Crippen LogP contribution in [0.5, 0.6) is 0 Å². The minimum absolute atomic E-state index is 0.242. The highest BCUT2D eigenvalue weighted by Gasteiger charge is 2.16. The van der Waals surface area contributed by atoms with Crippen molar-refractivity contribution in [2.24, 2.45) is 0 Å². The minimum atomic E-state index is -0.242. The molecule has 1 aromatic heterocycles. The van der Waals surface area contributed by atoms with Crippen molar-refractivity contribution in [2.45, 2.75) is 0 Å². The Morgan fingerprint density at radius 1 is 1.04 bits per heavy atom. The Morgan fingerprint density at radius 2 is 1.80 bits per heavy atom. The zero-order valence-electron chi connectivity index (χ0n) is 13.3. The van der Waals surface area contributed by atoms with Crippen LogP contribution in [0, 0.1) is 0 Å². The number of hydrogen-bond donors (Lipinski definition) is 1. The summed E-state index contributed by atoms with van der Waals surface area (Å²) in [6.45, 7) is 0. The monoisotopic (exact) mass is 372 g/mol. The number of para-hydroxylation sites is 1. The first-order valence-corrected chi connectivity index (χ1v) is 8.17. The van der Waals surface area contributed by atoms with E-state index in [4.69, 9.17) is 23.2 Å². The van der Waals surface area contributed by atoms with Gasteiger partial charge in [-0.3, -0.25) is 4.79 Å². The highest BCUT2D eigenvalue weighted by molar-refractivity contribution is 6.35. The number of anilines is 3. The molecule has 0 fully saturated rings. The number of carbonyl (C=O) groups is 1. The lowest BCUT2D eigenvalue weighted by atomic mass is 10.2. The number of nitrogens with zero attached hydrogens (tertiary/aromatic N) is 3. The summed E-state index contributed by atoms with van der Waals surface area (Å²) in [5.41, 5.74) is 1.64. The first kappa shape index (κ1) is 17.2. The standard InChI is InChI=1S/C18H14Cl2N4O/c1-24(13-5-3-2-4-6-13)18(25)16-10-17(22-11-21-16)23-15-9-12(19)7-8-14(15)20/h2-11H,1H3,(H,21,22,23). The molecule has 5 nitrogen and oxygen atoms in total. The molecular formula is C18H14Cl2N4O. The van der Waals surface area contributed by atoms with Gasteiger partial charge < -0.3 is 10.2 Å². The van der Waals surface area contributed by atoms with E-state index in [1.807, 2.05) is 30.3 Å². The maximum atomic E-state index is 12.6. The Balaban J connectivity index is 1.84. The molecule has 1 amide bonds. The van der Waals surface area contributed by atoms with E-state index in [0.717, 1.165) is 5.69 Å². The molecule has 0 saturated heterocycles. The van der Waals surface area contributed by atoms with Crippen LogP contribution in [-0.2, 0) is 0 Å². The maximum absolute atomic E-state index is 12.6. The molecule has 1 heterocycles. The van der Waals surface area contributed by atoms with Crippen molar-refractivity contribution >= 4 is 46.3 Å². The van der Waals surface area contributed by atoms with Crippen LogP contribution in [0.15, 0.2) is 60.9 Å². The lowest BCUT2D eigenvalue weighted by molar-refractivity contribution is 0.0988. The van der Waals surface area contributed by atoms with Gasteiger partial charge in [0.05, 0.1) is 10.7 Å². The SMILES string of the molecule is CN(C(=O)c1cc(Nc2cc(Cl)ccc2Cl)ncn1)c1ccccc1. The van der Waals surface area contributed by atoms with Gasteiger partial charge in [-0.2, -0.15) is 0 Å². The molecule has 0 saturated carbocycles. The fourth-order valence-electron chi connectivity index (χ4n) is 2.21. The van der Waals surface area contributed by atoms with Crippen molar-refractivity contribution in [1.29, 1.82) is 0 Å². The second-order valence-corrected chi connectivity index (χ2v) is 6.08. The van der Waals surface area contributed by atoms with Gasteiger partial charge in [-0.05, 0) is 30.3 Å². The number of hydrogen-bond acceptors (Lipinski definition) is 4. The molecule has 0 aliphatic carbocycles. The smallest absolute Gasteiger partial charge is 0.276 e. The molecule has 0 unspecified atom stereocenters. The van der Waals surface area contributed by atoms with Crippen molar-refractivity contribution in [3.8, 4) is 0 Å². The van der Waals surface area contributed by atoms with Crippen LogP contribution in [0.4, 0.5) is 17.2 Å². The first-order chi connectivity index (χ1) is 12.0. The third-order valence-corrected chi connectivity index (χ3v) is 4.09. The average molecular weight is 373 g/mol. The van der Waals surface area contributed by atoms with E-state index in [2.05, 4.69) is 15.3 Å². The van der Waals surface area contributed by atoms with Crippen molar-refractivity contribution in [2.75, 3.05) is 17.3 Å². The zero-order valence-corrected chi connectivity index (χ0v) is 14.8. The molecule has 25 heavy (non-hydrogen) atoms. The molecule has 7 heteroatoms. The molecule has 3 aromatic rings. The van der Waals surface area contributed by atoms with Crippen LogP contribution in [0.25, 0.3) is 0 Å². The molecule has 126 valence electrons. The van der Waals surface area contributed by atoms with Gasteiger partial charge in [0.15, 0.2) is 0 Å². The van der Waals surface area contributed by atoms with Gasteiger partial charge in [-0.15, -0.1) is 0 Å². The second kappa shape index (κ2) is 7.51. The summed E-state index contributed by atoms with van der Waals surface area (Å²) in [5, 5.41) is 4.09. The lowest BCUT2D eigenvalue weighted by Gasteiger charge is -2.17. The Labute approximate surface area is 155 Å². The highest BCUT2D eigenvalue weighted by Crippen LogP contribution is 2.28. The Morgan fingerprint density at radius 3 is 2.56 bits per heavy atom. The predicted molar refractivity (Wildman–Crippen MR) is 101 cm³/mol. The molecule has 0 radical (unpaired) electrons. The largest absolute Gasteiger partial charge is 0.339 e. The molecule has 0 spiro atoms. The summed E-state index contributed by atoms with van der Waals surface area (Å²) in [4.78, 5) is 22.3. The summed E-state index contributed by atoms with van der Waals surface area (Å²) >= 11 is 12.1. The molecule has 0 bridgehead atoms. The Hall–Kier alpha value is -2.63. The quantitative estimate of drug-likeness (QED) is 0.714. The third-order valence-electron chi connectivity index (χ3n) is 3.53. The van der Waals surface area contributed by atoms with Gasteiger partial charge in [-0.25, -0.2) is 9.97 Å². The van der Waals surface area contributed by atoms with Gasteiger partial charge >= 0.3 is 0 Å². The Bertz CT molecular complexity index is 903. The van der Waals surface area contributed by atoms with Crippen LogP contribution >= 0.6 is 23.2 Å². The fraction of sp³-hybridized carbons (Fsp3) is 0.0556. The van der Waals surface area contributed by atoms with Gasteiger partial charge in [0, 0.05) is 23.8 Å². The second-order valence-electron chi connectivity index (χ2n) is 5.24. The number of halogens is 2. The fourth-order valence-corrected chi connectivity index (χ4v) is 2.55. The molecule has 0 aliphatic heterocycles. The topological polar surface area (TPSA) is 58.1 Å². The molecular weight excluding hydrogens is 359 g/mol. The van der Waals surface area contributed by atoms with Crippen LogP contribution in [0.1, 0.15) is 10.5 Å². The number of carbonyl (C=O) groups excluding carboxylic acids is 1. The van der Waals surface area contributed by atoms with Crippen LogP contribution in [0.2, 0.25) is 10.0 Å². The summed E-state index contributed by atoms with van der Waals surface area (Å²) in [6.07, 6.45) is 1.33. The number of nitrogens with one attached hydrogen (secondary N) is 1. The highest BCUT2D eigenvalue weighted by atomic mass is 35.5. The number of amides is 1. The lowest BCUT2D eigenvalue weighted by Crippen LogP contribution is -2.27. The van der Waals surface area contributed by atoms with Crippen molar-refractivity contribution in [3.05, 3.63) is 76.7 Å². The van der Waals surface area contributed by atoms with E-state index in [-0.39, 0.29) is 11.6 Å². The van der Waals surface area contributed by atoms with Crippen LogP contribution < -0.4 is 10.2 Å². The van der Waals surface area contributed by atoms with Crippen molar-refractivity contribution in [3.63, 3.8) is 0 Å².